The first-order chi connectivity index (χ1) is 12.1. The van der Waals surface area contributed by atoms with Crippen molar-refractivity contribution < 1.29 is 14.2 Å². The van der Waals surface area contributed by atoms with E-state index in [0.717, 1.165) is 28.1 Å². The molecular formula is C18H21BrN2O3S. The van der Waals surface area contributed by atoms with Crippen LogP contribution in [0.3, 0.4) is 0 Å². The number of anilines is 1. The Labute approximate surface area is 161 Å². The van der Waals surface area contributed by atoms with Crippen molar-refractivity contribution in [3.05, 3.63) is 46.4 Å². The van der Waals surface area contributed by atoms with Crippen LogP contribution in [0.4, 0.5) is 5.69 Å². The van der Waals surface area contributed by atoms with E-state index in [9.17, 15) is 0 Å². The molecule has 2 rings (SSSR count). The first-order valence-electron chi connectivity index (χ1n) is 7.66. The second kappa shape index (κ2) is 9.48. The standard InChI is InChI=1S/C18H21BrN2O3S/c1-22-13-5-7-17(24-3)15(11-13)21-18(25)20-9-8-12-4-6-16(23-2)14(19)10-12/h4-7,10-11H,8-9H2,1-3H3,(H2,20,21,25). The lowest BCUT2D eigenvalue weighted by Crippen LogP contribution is -2.30. The number of nitrogens with one attached hydrogen (secondary N) is 2. The molecule has 5 nitrogen and oxygen atoms in total. The van der Waals surface area contributed by atoms with Gasteiger partial charge in [-0.15, -0.1) is 0 Å². The summed E-state index contributed by atoms with van der Waals surface area (Å²) in [5.41, 5.74) is 1.94. The maximum atomic E-state index is 5.36. The summed E-state index contributed by atoms with van der Waals surface area (Å²) < 4.78 is 16.7. The molecule has 7 heteroatoms. The van der Waals surface area contributed by atoms with E-state index in [1.165, 1.54) is 5.56 Å². The maximum Gasteiger partial charge on any atom is 0.170 e. The number of methoxy groups -OCH3 is 3. The molecule has 0 aliphatic rings. The van der Waals surface area contributed by atoms with Crippen LogP contribution in [-0.4, -0.2) is 33.0 Å². The molecule has 2 aromatic carbocycles. The fourth-order valence-electron chi connectivity index (χ4n) is 2.26. The van der Waals surface area contributed by atoms with E-state index in [-0.39, 0.29) is 0 Å². The lowest BCUT2D eigenvalue weighted by atomic mass is 10.1. The quantitative estimate of drug-likeness (QED) is 0.654. The second-order valence-corrected chi connectivity index (χ2v) is 6.43. The smallest absolute Gasteiger partial charge is 0.170 e. The first kappa shape index (κ1) is 19.3. The van der Waals surface area contributed by atoms with Gasteiger partial charge in [0, 0.05) is 12.6 Å². The molecule has 0 heterocycles. The van der Waals surface area contributed by atoms with Gasteiger partial charge in [0.25, 0.3) is 0 Å². The number of rotatable bonds is 7. The van der Waals surface area contributed by atoms with Gasteiger partial charge in [-0.25, -0.2) is 0 Å². The fourth-order valence-corrected chi connectivity index (χ4v) is 3.06. The maximum absolute atomic E-state index is 5.36. The minimum absolute atomic E-state index is 0.527. The van der Waals surface area contributed by atoms with Crippen LogP contribution in [-0.2, 0) is 6.42 Å². The van der Waals surface area contributed by atoms with E-state index >= 15 is 0 Å². The molecule has 0 bridgehead atoms. The minimum atomic E-state index is 0.527. The number of hydrogen-bond acceptors (Lipinski definition) is 4. The van der Waals surface area contributed by atoms with Crippen molar-refractivity contribution in [2.75, 3.05) is 33.2 Å². The van der Waals surface area contributed by atoms with Crippen molar-refractivity contribution in [1.82, 2.24) is 5.32 Å². The summed E-state index contributed by atoms with van der Waals surface area (Å²) in [5, 5.41) is 6.86. The second-order valence-electron chi connectivity index (χ2n) is 5.17. The van der Waals surface area contributed by atoms with Crippen molar-refractivity contribution >= 4 is 38.9 Å². The van der Waals surface area contributed by atoms with Crippen LogP contribution in [0.15, 0.2) is 40.9 Å². The van der Waals surface area contributed by atoms with Crippen molar-refractivity contribution in [3.63, 3.8) is 0 Å². The summed E-state index contributed by atoms with van der Waals surface area (Å²) in [6.45, 7) is 0.705. The van der Waals surface area contributed by atoms with Gasteiger partial charge in [0.2, 0.25) is 0 Å². The number of thiocarbonyl (C=S) groups is 1. The van der Waals surface area contributed by atoms with Gasteiger partial charge in [-0.05, 0) is 64.4 Å². The molecule has 0 unspecified atom stereocenters. The monoisotopic (exact) mass is 424 g/mol. The Hall–Kier alpha value is -1.99. The predicted molar refractivity (Wildman–Crippen MR) is 108 cm³/mol. The number of ether oxygens (including phenoxy) is 3. The van der Waals surface area contributed by atoms with E-state index < -0.39 is 0 Å². The summed E-state index contributed by atoms with van der Waals surface area (Å²) in [4.78, 5) is 0. The average molecular weight is 425 g/mol. The van der Waals surface area contributed by atoms with Gasteiger partial charge < -0.3 is 24.8 Å². The van der Waals surface area contributed by atoms with Gasteiger partial charge in [0.1, 0.15) is 17.2 Å². The van der Waals surface area contributed by atoms with E-state index in [2.05, 4.69) is 26.6 Å². The summed E-state index contributed by atoms with van der Waals surface area (Å²) in [6.07, 6.45) is 0.833. The molecule has 0 saturated heterocycles. The molecule has 25 heavy (non-hydrogen) atoms. The highest BCUT2D eigenvalue weighted by Gasteiger charge is 2.07. The summed E-state index contributed by atoms with van der Waals surface area (Å²) in [7, 11) is 4.89. The van der Waals surface area contributed by atoms with Gasteiger partial charge in [-0.2, -0.15) is 0 Å². The highest BCUT2D eigenvalue weighted by atomic mass is 79.9. The molecule has 134 valence electrons. The molecule has 2 N–H and O–H groups in total. The van der Waals surface area contributed by atoms with Gasteiger partial charge in [-0.3, -0.25) is 0 Å². The van der Waals surface area contributed by atoms with Gasteiger partial charge in [0.05, 0.1) is 31.5 Å². The molecule has 0 fully saturated rings. The highest BCUT2D eigenvalue weighted by molar-refractivity contribution is 9.10. The molecule has 0 spiro atoms. The zero-order valence-corrected chi connectivity index (χ0v) is 16.8. The molecule has 0 radical (unpaired) electrons. The Morgan fingerprint density at radius 2 is 1.72 bits per heavy atom. The van der Waals surface area contributed by atoms with Gasteiger partial charge >= 0.3 is 0 Å². The molecule has 0 aliphatic carbocycles. The molecule has 0 atom stereocenters. The summed E-state index contributed by atoms with van der Waals surface area (Å²) >= 11 is 8.85. The average Bonchev–Trinajstić information content (AvgIpc) is 2.61. The third-order valence-electron chi connectivity index (χ3n) is 3.57. The normalized spacial score (nSPS) is 10.1. The van der Waals surface area contributed by atoms with Gasteiger partial charge in [-0.1, -0.05) is 6.07 Å². The number of hydrogen-bond donors (Lipinski definition) is 2. The van der Waals surface area contributed by atoms with Crippen LogP contribution in [0, 0.1) is 0 Å². The Kier molecular flexibility index (Phi) is 7.33. The van der Waals surface area contributed by atoms with Crippen LogP contribution < -0.4 is 24.8 Å². The molecule has 0 aromatic heterocycles. The number of halogens is 1. The number of benzene rings is 2. The van der Waals surface area contributed by atoms with E-state index in [1.807, 2.05) is 36.4 Å². The first-order valence-corrected chi connectivity index (χ1v) is 8.86. The van der Waals surface area contributed by atoms with Gasteiger partial charge in [0.15, 0.2) is 5.11 Å². The Morgan fingerprint density at radius 1 is 1.00 bits per heavy atom. The molecule has 0 saturated carbocycles. The van der Waals surface area contributed by atoms with Crippen LogP contribution in [0.2, 0.25) is 0 Å². The summed E-state index contributed by atoms with van der Waals surface area (Å²) in [6, 6.07) is 11.5. The topological polar surface area (TPSA) is 51.8 Å². The van der Waals surface area contributed by atoms with E-state index in [4.69, 9.17) is 26.4 Å². The lowest BCUT2D eigenvalue weighted by molar-refractivity contribution is 0.405. The molecule has 0 amide bonds. The van der Waals surface area contributed by atoms with Crippen molar-refractivity contribution in [1.29, 1.82) is 0 Å². The van der Waals surface area contributed by atoms with E-state index in [1.54, 1.807) is 21.3 Å². The third kappa shape index (κ3) is 5.51. The highest BCUT2D eigenvalue weighted by Crippen LogP contribution is 2.29. The van der Waals surface area contributed by atoms with Crippen LogP contribution in [0.1, 0.15) is 5.56 Å². The van der Waals surface area contributed by atoms with Crippen molar-refractivity contribution in [3.8, 4) is 17.2 Å². The Bertz CT molecular complexity index is 740. The molecule has 0 aliphatic heterocycles. The third-order valence-corrected chi connectivity index (χ3v) is 4.44. The molecule has 2 aromatic rings. The summed E-state index contributed by atoms with van der Waals surface area (Å²) in [5.74, 6) is 2.25. The van der Waals surface area contributed by atoms with Crippen molar-refractivity contribution in [2.45, 2.75) is 6.42 Å². The predicted octanol–water partition coefficient (Wildman–Crippen LogP) is 4.00. The fraction of sp³-hybridized carbons (Fsp3) is 0.278. The molecular weight excluding hydrogens is 404 g/mol. The Balaban J connectivity index is 1.90. The zero-order chi connectivity index (χ0) is 18.2. The van der Waals surface area contributed by atoms with E-state index in [0.29, 0.717) is 17.4 Å². The SMILES string of the molecule is COc1ccc(OC)c(NC(=S)NCCc2ccc(OC)c(Br)c2)c1. The largest absolute Gasteiger partial charge is 0.497 e. The van der Waals surface area contributed by atoms with Crippen LogP contribution in [0.5, 0.6) is 17.2 Å². The van der Waals surface area contributed by atoms with Crippen molar-refractivity contribution in [2.24, 2.45) is 0 Å². The lowest BCUT2D eigenvalue weighted by Gasteiger charge is -2.14. The van der Waals surface area contributed by atoms with Crippen LogP contribution >= 0.6 is 28.1 Å². The minimum Gasteiger partial charge on any atom is -0.497 e. The van der Waals surface area contributed by atoms with Crippen LogP contribution in [0.25, 0.3) is 0 Å². The zero-order valence-electron chi connectivity index (χ0n) is 14.4. The Morgan fingerprint density at radius 3 is 2.36 bits per heavy atom.